The summed E-state index contributed by atoms with van der Waals surface area (Å²) >= 11 is 0. The van der Waals surface area contributed by atoms with E-state index in [0.717, 1.165) is 99.9 Å². The normalized spacial score (nSPS) is 11.9. The number of aromatic nitrogens is 1. The zero-order valence-corrected chi connectivity index (χ0v) is 33.5. The highest BCUT2D eigenvalue weighted by Gasteiger charge is 2.23. The molecule has 0 aliphatic carbocycles. The Morgan fingerprint density at radius 2 is 0.887 bits per heavy atom. The largest absolute Gasteiger partial charge is 0.455 e. The first-order valence-electron chi connectivity index (χ1n) is 21.1. The number of hydrogen-bond donors (Lipinski definition) is 0. The molecule has 4 heteroatoms. The van der Waals surface area contributed by atoms with E-state index in [4.69, 9.17) is 8.83 Å². The van der Waals surface area contributed by atoms with E-state index < -0.39 is 0 Å². The van der Waals surface area contributed by atoms with Gasteiger partial charge in [-0.25, -0.2) is 0 Å². The Kier molecular flexibility index (Phi) is 7.57. The standard InChI is InChI=1S/C58H36N2O2/c1-2-16-38-33-41(32-31-37(38)15-1)59(40-18-13-17-39(34-40)43-24-14-25-49-47-22-6-11-29-55(47)61-57(43)49)42-35-50(58-51(36-42)48-23-7-12-30-56(48)62-58)46-21-5-10-28-54(46)60-52-26-8-3-19-44(52)45-20-4-9-27-53(45)60/h1-36H. The van der Waals surface area contributed by atoms with Crippen LogP contribution in [-0.4, -0.2) is 4.57 Å². The van der Waals surface area contributed by atoms with Crippen molar-refractivity contribution in [1.29, 1.82) is 0 Å². The summed E-state index contributed by atoms with van der Waals surface area (Å²) in [5, 5.41) is 9.17. The lowest BCUT2D eigenvalue weighted by Crippen LogP contribution is -2.10. The molecule has 3 heterocycles. The second-order valence-corrected chi connectivity index (χ2v) is 16.1. The maximum Gasteiger partial charge on any atom is 0.143 e. The van der Waals surface area contributed by atoms with Crippen molar-refractivity contribution in [3.05, 3.63) is 218 Å². The summed E-state index contributed by atoms with van der Waals surface area (Å²) in [7, 11) is 0. The quantitative estimate of drug-likeness (QED) is 0.168. The number of nitrogens with zero attached hydrogens (tertiary/aromatic N) is 2. The van der Waals surface area contributed by atoms with Crippen molar-refractivity contribution in [3.63, 3.8) is 0 Å². The van der Waals surface area contributed by atoms with E-state index in [1.165, 1.54) is 21.5 Å². The lowest BCUT2D eigenvalue weighted by Gasteiger charge is -2.27. The zero-order chi connectivity index (χ0) is 40.7. The summed E-state index contributed by atoms with van der Waals surface area (Å²) in [4.78, 5) is 2.39. The molecule has 0 saturated carbocycles. The average Bonchev–Trinajstić information content (AvgIpc) is 4.01. The van der Waals surface area contributed by atoms with Gasteiger partial charge in [-0.15, -0.1) is 0 Å². The Morgan fingerprint density at radius 1 is 0.323 bits per heavy atom. The first-order valence-corrected chi connectivity index (χ1v) is 21.1. The molecule has 0 aliphatic rings. The van der Waals surface area contributed by atoms with E-state index in [2.05, 4.69) is 210 Å². The van der Waals surface area contributed by atoms with E-state index in [1.54, 1.807) is 0 Å². The van der Waals surface area contributed by atoms with Crippen LogP contribution in [0.25, 0.3) is 104 Å². The minimum absolute atomic E-state index is 0.854. The van der Waals surface area contributed by atoms with E-state index in [9.17, 15) is 0 Å². The van der Waals surface area contributed by atoms with Gasteiger partial charge in [0, 0.05) is 66.1 Å². The fourth-order valence-electron chi connectivity index (χ4n) is 9.77. The molecular formula is C58H36N2O2. The first-order chi connectivity index (χ1) is 30.7. The second-order valence-electron chi connectivity index (χ2n) is 16.1. The van der Waals surface area contributed by atoms with Crippen molar-refractivity contribution in [3.8, 4) is 27.9 Å². The molecule has 4 nitrogen and oxygen atoms in total. The van der Waals surface area contributed by atoms with Gasteiger partial charge in [-0.05, 0) is 83.1 Å². The Bertz CT molecular complexity index is 3850. The molecule has 290 valence electrons. The molecular weight excluding hydrogens is 757 g/mol. The number of anilines is 3. The molecule has 0 fully saturated rings. The molecule has 3 aromatic heterocycles. The Hall–Kier alpha value is -8.34. The van der Waals surface area contributed by atoms with Gasteiger partial charge in [0.1, 0.15) is 22.3 Å². The van der Waals surface area contributed by atoms with Crippen LogP contribution in [0.15, 0.2) is 227 Å². The van der Waals surface area contributed by atoms with Crippen LogP contribution in [0.1, 0.15) is 0 Å². The predicted octanol–water partition coefficient (Wildman–Crippen LogP) is 16.5. The molecule has 0 saturated heterocycles. The molecule has 13 rings (SSSR count). The number of hydrogen-bond acceptors (Lipinski definition) is 3. The van der Waals surface area contributed by atoms with Crippen LogP contribution in [0.3, 0.4) is 0 Å². The number of para-hydroxylation sites is 6. The van der Waals surface area contributed by atoms with Crippen molar-refractivity contribution < 1.29 is 8.83 Å². The van der Waals surface area contributed by atoms with Crippen molar-refractivity contribution in [2.45, 2.75) is 0 Å². The predicted molar refractivity (Wildman–Crippen MR) is 258 cm³/mol. The van der Waals surface area contributed by atoms with Crippen LogP contribution in [-0.2, 0) is 0 Å². The van der Waals surface area contributed by atoms with Crippen LogP contribution in [0.4, 0.5) is 17.1 Å². The van der Waals surface area contributed by atoms with Gasteiger partial charge in [0.05, 0.1) is 16.7 Å². The molecule has 13 aromatic rings. The summed E-state index contributed by atoms with van der Waals surface area (Å²) in [6.07, 6.45) is 0. The van der Waals surface area contributed by atoms with Gasteiger partial charge >= 0.3 is 0 Å². The third kappa shape index (κ3) is 5.27. The summed E-state index contributed by atoms with van der Waals surface area (Å²) in [5.41, 5.74) is 14.2. The lowest BCUT2D eigenvalue weighted by molar-refractivity contribution is 0.669. The summed E-state index contributed by atoms with van der Waals surface area (Å²) in [6, 6.07) is 78.0. The average molecular weight is 793 g/mol. The molecule has 62 heavy (non-hydrogen) atoms. The van der Waals surface area contributed by atoms with Crippen LogP contribution < -0.4 is 4.90 Å². The fraction of sp³-hybridized carbons (Fsp3) is 0. The number of furan rings is 2. The van der Waals surface area contributed by atoms with Gasteiger partial charge in [-0.1, -0.05) is 152 Å². The molecule has 0 bridgehead atoms. The monoisotopic (exact) mass is 792 g/mol. The third-order valence-corrected chi connectivity index (χ3v) is 12.5. The molecule has 0 N–H and O–H groups in total. The fourth-order valence-corrected chi connectivity index (χ4v) is 9.77. The third-order valence-electron chi connectivity index (χ3n) is 12.5. The second kappa shape index (κ2) is 13.6. The molecule has 0 spiro atoms. The molecule has 10 aromatic carbocycles. The van der Waals surface area contributed by atoms with Gasteiger partial charge in [0.25, 0.3) is 0 Å². The zero-order valence-electron chi connectivity index (χ0n) is 33.5. The van der Waals surface area contributed by atoms with E-state index >= 15 is 0 Å². The summed E-state index contributed by atoms with van der Waals surface area (Å²) < 4.78 is 15.9. The van der Waals surface area contributed by atoms with Crippen LogP contribution in [0.5, 0.6) is 0 Å². The van der Waals surface area contributed by atoms with Crippen molar-refractivity contribution in [2.75, 3.05) is 4.90 Å². The minimum Gasteiger partial charge on any atom is -0.455 e. The Balaban J connectivity index is 1.09. The molecule has 0 atom stereocenters. The van der Waals surface area contributed by atoms with Gasteiger partial charge in [-0.3, -0.25) is 0 Å². The number of fused-ring (bicyclic) bond motifs is 10. The van der Waals surface area contributed by atoms with E-state index in [1.807, 2.05) is 18.2 Å². The maximum absolute atomic E-state index is 6.89. The number of benzene rings is 10. The van der Waals surface area contributed by atoms with Crippen LogP contribution >= 0.6 is 0 Å². The van der Waals surface area contributed by atoms with Crippen LogP contribution in [0.2, 0.25) is 0 Å². The Labute approximate surface area is 356 Å². The molecule has 0 aliphatic heterocycles. The van der Waals surface area contributed by atoms with Crippen molar-refractivity contribution >= 4 is 93.5 Å². The van der Waals surface area contributed by atoms with Crippen LogP contribution in [0, 0.1) is 0 Å². The lowest BCUT2D eigenvalue weighted by atomic mass is 9.98. The highest BCUT2D eigenvalue weighted by Crippen LogP contribution is 2.47. The summed E-state index contributed by atoms with van der Waals surface area (Å²) in [5.74, 6) is 0. The van der Waals surface area contributed by atoms with Gasteiger partial charge in [-0.2, -0.15) is 0 Å². The first kappa shape index (κ1) is 34.5. The Morgan fingerprint density at radius 3 is 1.66 bits per heavy atom. The van der Waals surface area contributed by atoms with Crippen molar-refractivity contribution in [2.24, 2.45) is 0 Å². The molecule has 0 unspecified atom stereocenters. The topological polar surface area (TPSA) is 34.5 Å². The highest BCUT2D eigenvalue weighted by atomic mass is 16.3. The van der Waals surface area contributed by atoms with E-state index in [-0.39, 0.29) is 0 Å². The summed E-state index contributed by atoms with van der Waals surface area (Å²) in [6.45, 7) is 0. The van der Waals surface area contributed by atoms with E-state index in [0.29, 0.717) is 0 Å². The smallest absolute Gasteiger partial charge is 0.143 e. The maximum atomic E-state index is 6.89. The van der Waals surface area contributed by atoms with Gasteiger partial charge in [0.2, 0.25) is 0 Å². The minimum atomic E-state index is 0.854. The van der Waals surface area contributed by atoms with Crippen molar-refractivity contribution in [1.82, 2.24) is 4.57 Å². The van der Waals surface area contributed by atoms with Gasteiger partial charge in [0.15, 0.2) is 0 Å². The highest BCUT2D eigenvalue weighted by molar-refractivity contribution is 6.14. The number of rotatable bonds is 6. The SMILES string of the molecule is c1cc(-c2cccc3c2oc2ccccc23)cc(N(c2ccc3ccccc3c2)c2cc(-c3ccccc3-n3c4ccccc4c4ccccc43)c3oc4ccccc4c3c2)c1. The van der Waals surface area contributed by atoms with Gasteiger partial charge < -0.3 is 18.3 Å². The molecule has 0 amide bonds. The molecule has 0 radical (unpaired) electrons.